The highest BCUT2D eigenvalue weighted by Gasteiger charge is 2.26. The third-order valence-corrected chi connectivity index (χ3v) is 7.06. The van der Waals surface area contributed by atoms with E-state index in [1.807, 2.05) is 7.05 Å². The van der Waals surface area contributed by atoms with Crippen LogP contribution in [-0.4, -0.2) is 38.5 Å². The summed E-state index contributed by atoms with van der Waals surface area (Å²) in [7, 11) is 2.82. The van der Waals surface area contributed by atoms with E-state index >= 15 is 0 Å². The highest BCUT2D eigenvalue weighted by Crippen LogP contribution is 2.29. The molecule has 0 saturated carbocycles. The average molecular weight is 428 g/mol. The van der Waals surface area contributed by atoms with Crippen LogP contribution in [-0.2, 0) is 37.7 Å². The van der Waals surface area contributed by atoms with Gasteiger partial charge in [-0.05, 0) is 28.1 Å². The van der Waals surface area contributed by atoms with Crippen molar-refractivity contribution in [2.24, 2.45) is 21.1 Å². The first kappa shape index (κ1) is 17.9. The van der Waals surface area contributed by atoms with Crippen molar-refractivity contribution >= 4 is 37.0 Å². The van der Waals surface area contributed by atoms with Crippen molar-refractivity contribution in [3.63, 3.8) is 0 Å². The molecule has 25 heavy (non-hydrogen) atoms. The average Bonchev–Trinajstić information content (AvgIpc) is 3.04. The predicted octanol–water partition coefficient (Wildman–Crippen LogP) is 1.19. The standard InChI is InChI=1S/C15H18BrN5O3S/c1-18-6-5-17-14(18)9-19(2)25(23,24)13-8-12-11(7-10(13)16)20(3)15(22)21(12)4/h5-8H,9H2,1-4H3. The van der Waals surface area contributed by atoms with Gasteiger partial charge in [0.05, 0.1) is 22.5 Å². The molecule has 10 heteroatoms. The van der Waals surface area contributed by atoms with E-state index in [4.69, 9.17) is 0 Å². The van der Waals surface area contributed by atoms with Crippen LogP contribution in [0.1, 0.15) is 5.82 Å². The predicted molar refractivity (Wildman–Crippen MR) is 97.7 cm³/mol. The summed E-state index contributed by atoms with van der Waals surface area (Å²) in [6.07, 6.45) is 3.38. The number of hydrogen-bond donors (Lipinski definition) is 0. The fraction of sp³-hybridized carbons (Fsp3) is 0.333. The zero-order valence-electron chi connectivity index (χ0n) is 14.3. The summed E-state index contributed by atoms with van der Waals surface area (Å²) in [5.74, 6) is 0.635. The van der Waals surface area contributed by atoms with E-state index in [2.05, 4.69) is 20.9 Å². The van der Waals surface area contributed by atoms with E-state index < -0.39 is 10.0 Å². The van der Waals surface area contributed by atoms with Crippen LogP contribution in [0.5, 0.6) is 0 Å². The van der Waals surface area contributed by atoms with Gasteiger partial charge in [0.1, 0.15) is 5.82 Å². The van der Waals surface area contributed by atoms with Crippen molar-refractivity contribution in [3.8, 4) is 0 Å². The van der Waals surface area contributed by atoms with Gasteiger partial charge in [-0.15, -0.1) is 0 Å². The van der Waals surface area contributed by atoms with E-state index in [0.717, 1.165) is 0 Å². The minimum atomic E-state index is -3.77. The maximum absolute atomic E-state index is 13.0. The van der Waals surface area contributed by atoms with Crippen LogP contribution in [0.3, 0.4) is 0 Å². The molecule has 0 bridgehead atoms. The molecule has 134 valence electrons. The van der Waals surface area contributed by atoms with Crippen LogP contribution < -0.4 is 5.69 Å². The molecule has 0 fully saturated rings. The second-order valence-electron chi connectivity index (χ2n) is 5.89. The summed E-state index contributed by atoms with van der Waals surface area (Å²) in [6, 6.07) is 3.17. The fourth-order valence-electron chi connectivity index (χ4n) is 2.70. The van der Waals surface area contributed by atoms with Crippen molar-refractivity contribution in [1.82, 2.24) is 23.0 Å². The topological polar surface area (TPSA) is 82.1 Å². The highest BCUT2D eigenvalue weighted by molar-refractivity contribution is 9.10. The molecule has 2 aromatic heterocycles. The van der Waals surface area contributed by atoms with E-state index in [-0.39, 0.29) is 17.1 Å². The molecule has 0 amide bonds. The van der Waals surface area contributed by atoms with E-state index in [1.165, 1.54) is 26.6 Å². The zero-order chi connectivity index (χ0) is 18.5. The van der Waals surface area contributed by atoms with Gasteiger partial charge in [0.2, 0.25) is 10.0 Å². The maximum Gasteiger partial charge on any atom is 0.328 e. The number of benzene rings is 1. The van der Waals surface area contributed by atoms with Gasteiger partial charge in [-0.25, -0.2) is 18.2 Å². The molecule has 0 unspecified atom stereocenters. The molecule has 3 aromatic rings. The molecule has 0 radical (unpaired) electrons. The van der Waals surface area contributed by atoms with Gasteiger partial charge in [0.15, 0.2) is 0 Å². The van der Waals surface area contributed by atoms with E-state index in [1.54, 1.807) is 37.1 Å². The zero-order valence-corrected chi connectivity index (χ0v) is 16.7. The molecule has 0 aliphatic heterocycles. The molecule has 0 aliphatic rings. The Morgan fingerprint density at radius 3 is 2.32 bits per heavy atom. The lowest BCUT2D eigenvalue weighted by atomic mass is 10.3. The number of rotatable bonds is 4. The van der Waals surface area contributed by atoms with Gasteiger partial charge in [0, 0.05) is 45.1 Å². The van der Waals surface area contributed by atoms with Gasteiger partial charge < -0.3 is 4.57 Å². The first-order valence-corrected chi connectivity index (χ1v) is 9.65. The molecule has 3 rings (SSSR count). The molecule has 2 heterocycles. The maximum atomic E-state index is 13.0. The Bertz CT molecular complexity index is 1130. The molecule has 0 spiro atoms. The van der Waals surface area contributed by atoms with Crippen LogP contribution in [0.4, 0.5) is 0 Å². The number of fused-ring (bicyclic) bond motifs is 1. The Kier molecular flexibility index (Phi) is 4.38. The number of aromatic nitrogens is 4. The smallest absolute Gasteiger partial charge is 0.328 e. The van der Waals surface area contributed by atoms with E-state index in [9.17, 15) is 13.2 Å². The van der Waals surface area contributed by atoms with Gasteiger partial charge in [-0.2, -0.15) is 4.31 Å². The number of imidazole rings is 2. The SMILES string of the molecule is CN(Cc1nccn1C)S(=O)(=O)c1cc2c(cc1Br)n(C)c(=O)n2C. The summed E-state index contributed by atoms with van der Waals surface area (Å²) in [4.78, 5) is 16.4. The number of sulfonamides is 1. The van der Waals surface area contributed by atoms with Gasteiger partial charge in [-0.3, -0.25) is 9.13 Å². The summed E-state index contributed by atoms with van der Waals surface area (Å²) in [5, 5.41) is 0. The van der Waals surface area contributed by atoms with Crippen LogP contribution in [0, 0.1) is 0 Å². The fourth-order valence-corrected chi connectivity index (χ4v) is 4.83. The Balaban J connectivity index is 2.10. The lowest BCUT2D eigenvalue weighted by Crippen LogP contribution is -2.28. The molecule has 0 aliphatic carbocycles. The molecule has 0 N–H and O–H groups in total. The molecule has 0 atom stereocenters. The summed E-state index contributed by atoms with van der Waals surface area (Å²) in [5.41, 5.74) is 1.00. The Hall–Kier alpha value is -1.91. The molecular formula is C15H18BrN5O3S. The summed E-state index contributed by atoms with van der Waals surface area (Å²) < 4.78 is 32.3. The van der Waals surface area contributed by atoms with Crippen molar-refractivity contribution in [3.05, 3.63) is 45.3 Å². The lowest BCUT2D eigenvalue weighted by Gasteiger charge is -2.18. The second-order valence-corrected chi connectivity index (χ2v) is 8.76. The molecule has 1 aromatic carbocycles. The van der Waals surface area contributed by atoms with Gasteiger partial charge in [0.25, 0.3) is 0 Å². The second kappa shape index (κ2) is 6.11. The van der Waals surface area contributed by atoms with Crippen LogP contribution in [0.25, 0.3) is 11.0 Å². The van der Waals surface area contributed by atoms with Crippen LogP contribution in [0.2, 0.25) is 0 Å². The minimum Gasteiger partial charge on any atom is -0.337 e. The Morgan fingerprint density at radius 1 is 1.16 bits per heavy atom. The normalized spacial score (nSPS) is 12.4. The van der Waals surface area contributed by atoms with Crippen molar-refractivity contribution in [2.45, 2.75) is 11.4 Å². The molecular weight excluding hydrogens is 410 g/mol. The van der Waals surface area contributed by atoms with Crippen LogP contribution in [0.15, 0.2) is 38.7 Å². The van der Waals surface area contributed by atoms with Crippen molar-refractivity contribution < 1.29 is 8.42 Å². The lowest BCUT2D eigenvalue weighted by molar-refractivity contribution is 0.451. The minimum absolute atomic E-state index is 0.109. The van der Waals surface area contributed by atoms with E-state index in [0.29, 0.717) is 21.3 Å². The molecule has 0 saturated heterocycles. The highest BCUT2D eigenvalue weighted by atomic mass is 79.9. The quantitative estimate of drug-likeness (QED) is 0.625. The first-order chi connectivity index (χ1) is 11.6. The summed E-state index contributed by atoms with van der Waals surface area (Å²) in [6.45, 7) is 0.143. The number of halogens is 1. The monoisotopic (exact) mass is 427 g/mol. The van der Waals surface area contributed by atoms with Gasteiger partial charge >= 0.3 is 5.69 Å². The van der Waals surface area contributed by atoms with Crippen molar-refractivity contribution in [2.75, 3.05) is 7.05 Å². The Morgan fingerprint density at radius 2 is 1.76 bits per heavy atom. The number of hydrogen-bond acceptors (Lipinski definition) is 4. The van der Waals surface area contributed by atoms with Gasteiger partial charge in [-0.1, -0.05) is 0 Å². The third-order valence-electron chi connectivity index (χ3n) is 4.30. The number of aryl methyl sites for hydroxylation is 3. The van der Waals surface area contributed by atoms with Crippen LogP contribution >= 0.6 is 15.9 Å². The van der Waals surface area contributed by atoms with Crippen molar-refractivity contribution in [1.29, 1.82) is 0 Å². The third kappa shape index (κ3) is 2.83. The molecule has 8 nitrogen and oxygen atoms in total. The largest absolute Gasteiger partial charge is 0.337 e. The number of nitrogens with zero attached hydrogens (tertiary/aromatic N) is 5. The Labute approximate surface area is 153 Å². The first-order valence-electron chi connectivity index (χ1n) is 7.42. The summed E-state index contributed by atoms with van der Waals surface area (Å²) >= 11 is 3.33.